The molecule has 0 amide bonds. The Morgan fingerprint density at radius 2 is 2.00 bits per heavy atom. The van der Waals surface area contributed by atoms with E-state index >= 15 is 0 Å². The van der Waals surface area contributed by atoms with Crippen LogP contribution in [-0.4, -0.2) is 59.4 Å². The maximum Gasteiger partial charge on any atom is 0.128 e. The van der Waals surface area contributed by atoms with Gasteiger partial charge in [0.2, 0.25) is 0 Å². The Labute approximate surface area is 108 Å². The fourth-order valence-corrected chi connectivity index (χ4v) is 2.26. The average Bonchev–Trinajstić information content (AvgIpc) is 2.65. The lowest BCUT2D eigenvalue weighted by molar-refractivity contribution is 0.204. The summed E-state index contributed by atoms with van der Waals surface area (Å²) in [6, 6.07) is 3.88. The van der Waals surface area contributed by atoms with Gasteiger partial charge in [-0.2, -0.15) is 0 Å². The van der Waals surface area contributed by atoms with Gasteiger partial charge in [0.05, 0.1) is 13.2 Å². The second kappa shape index (κ2) is 6.68. The molecule has 0 unspecified atom stereocenters. The molecule has 1 fully saturated rings. The van der Waals surface area contributed by atoms with Crippen LogP contribution in [0.3, 0.4) is 0 Å². The average molecular weight is 251 g/mol. The molecule has 0 spiro atoms. The van der Waals surface area contributed by atoms with Crippen molar-refractivity contribution in [1.82, 2.24) is 9.88 Å². The molecule has 1 aromatic heterocycles. The molecule has 0 radical (unpaired) electrons. The van der Waals surface area contributed by atoms with Crippen molar-refractivity contribution < 1.29 is 10.2 Å². The summed E-state index contributed by atoms with van der Waals surface area (Å²) in [4.78, 5) is 8.93. The molecule has 5 nitrogen and oxygen atoms in total. The molecule has 0 saturated carbocycles. The standard InChI is InChI=1S/C13H21N3O2/c17-9-8-15-4-1-5-16(7-6-15)13-3-2-12(11-18)10-14-13/h2-3,10,17-18H,1,4-9,11H2. The van der Waals surface area contributed by atoms with Gasteiger partial charge in [0, 0.05) is 32.4 Å². The zero-order valence-electron chi connectivity index (χ0n) is 10.6. The molecule has 1 aliphatic heterocycles. The monoisotopic (exact) mass is 251 g/mol. The first-order chi connectivity index (χ1) is 8.83. The molecule has 100 valence electrons. The number of hydrogen-bond acceptors (Lipinski definition) is 5. The zero-order chi connectivity index (χ0) is 12.8. The van der Waals surface area contributed by atoms with Gasteiger partial charge in [-0.25, -0.2) is 4.98 Å². The third kappa shape index (κ3) is 3.41. The first-order valence-corrected chi connectivity index (χ1v) is 6.47. The van der Waals surface area contributed by atoms with E-state index in [4.69, 9.17) is 10.2 Å². The molecule has 2 rings (SSSR count). The van der Waals surface area contributed by atoms with E-state index in [9.17, 15) is 0 Å². The van der Waals surface area contributed by atoms with Crippen molar-refractivity contribution in [1.29, 1.82) is 0 Å². The molecule has 1 aliphatic rings. The molecule has 2 heterocycles. The summed E-state index contributed by atoms with van der Waals surface area (Å²) >= 11 is 0. The largest absolute Gasteiger partial charge is 0.395 e. The number of β-amino-alcohol motifs (C(OH)–C–C–N with tert-alkyl or cyclic N) is 1. The SMILES string of the molecule is OCCN1CCCN(c2ccc(CO)cn2)CC1. The summed E-state index contributed by atoms with van der Waals surface area (Å²) in [5, 5.41) is 18.0. The minimum atomic E-state index is 0.0392. The van der Waals surface area contributed by atoms with Crippen LogP contribution in [0.25, 0.3) is 0 Å². The number of aliphatic hydroxyl groups excluding tert-OH is 2. The molecule has 1 aromatic rings. The van der Waals surface area contributed by atoms with Crippen molar-refractivity contribution in [2.24, 2.45) is 0 Å². The number of rotatable bonds is 4. The molecular weight excluding hydrogens is 230 g/mol. The lowest BCUT2D eigenvalue weighted by atomic mass is 10.3. The predicted molar refractivity (Wildman–Crippen MR) is 70.5 cm³/mol. The van der Waals surface area contributed by atoms with Crippen LogP contribution in [0.1, 0.15) is 12.0 Å². The van der Waals surface area contributed by atoms with Gasteiger partial charge in [-0.15, -0.1) is 0 Å². The van der Waals surface area contributed by atoms with E-state index in [1.54, 1.807) is 6.20 Å². The van der Waals surface area contributed by atoms with Gasteiger partial charge in [-0.3, -0.25) is 4.90 Å². The summed E-state index contributed by atoms with van der Waals surface area (Å²) in [6.45, 7) is 4.94. The highest BCUT2D eigenvalue weighted by Crippen LogP contribution is 2.14. The molecule has 0 aromatic carbocycles. The Morgan fingerprint density at radius 3 is 2.67 bits per heavy atom. The van der Waals surface area contributed by atoms with Crippen molar-refractivity contribution in [2.45, 2.75) is 13.0 Å². The van der Waals surface area contributed by atoms with Crippen LogP contribution in [0.15, 0.2) is 18.3 Å². The first kappa shape index (κ1) is 13.3. The summed E-state index contributed by atoms with van der Waals surface area (Å²) in [7, 11) is 0. The second-order valence-electron chi connectivity index (χ2n) is 4.59. The Morgan fingerprint density at radius 1 is 1.11 bits per heavy atom. The van der Waals surface area contributed by atoms with Crippen LogP contribution >= 0.6 is 0 Å². The van der Waals surface area contributed by atoms with Crippen LogP contribution in [0.2, 0.25) is 0 Å². The molecule has 18 heavy (non-hydrogen) atoms. The third-order valence-corrected chi connectivity index (χ3v) is 3.32. The second-order valence-corrected chi connectivity index (χ2v) is 4.59. The number of pyridine rings is 1. The van der Waals surface area contributed by atoms with E-state index in [1.807, 2.05) is 12.1 Å². The lowest BCUT2D eigenvalue weighted by Gasteiger charge is -2.22. The zero-order valence-corrected chi connectivity index (χ0v) is 10.6. The highest BCUT2D eigenvalue weighted by molar-refractivity contribution is 5.39. The van der Waals surface area contributed by atoms with Gasteiger partial charge in [0.1, 0.15) is 5.82 Å². The van der Waals surface area contributed by atoms with Crippen molar-refractivity contribution in [3.05, 3.63) is 23.9 Å². The van der Waals surface area contributed by atoms with E-state index in [-0.39, 0.29) is 13.2 Å². The molecule has 0 atom stereocenters. The van der Waals surface area contributed by atoms with Crippen molar-refractivity contribution in [3.63, 3.8) is 0 Å². The maximum absolute atomic E-state index is 8.99. The van der Waals surface area contributed by atoms with E-state index in [2.05, 4.69) is 14.8 Å². The summed E-state index contributed by atoms with van der Waals surface area (Å²) in [5.74, 6) is 0.970. The normalized spacial score (nSPS) is 17.8. The quantitative estimate of drug-likeness (QED) is 0.793. The predicted octanol–water partition coefficient (Wildman–Crippen LogP) is 0.0783. The Kier molecular flexibility index (Phi) is 4.92. The van der Waals surface area contributed by atoms with Crippen molar-refractivity contribution >= 4 is 5.82 Å². The number of nitrogens with zero attached hydrogens (tertiary/aromatic N) is 3. The van der Waals surface area contributed by atoms with Gasteiger partial charge in [0.25, 0.3) is 0 Å². The van der Waals surface area contributed by atoms with Gasteiger partial charge < -0.3 is 15.1 Å². The molecule has 0 bridgehead atoms. The van der Waals surface area contributed by atoms with Gasteiger partial charge >= 0.3 is 0 Å². The Balaban J connectivity index is 1.96. The van der Waals surface area contributed by atoms with E-state index in [0.717, 1.165) is 50.5 Å². The number of hydrogen-bond donors (Lipinski definition) is 2. The lowest BCUT2D eigenvalue weighted by Crippen LogP contribution is -2.32. The smallest absolute Gasteiger partial charge is 0.128 e. The van der Waals surface area contributed by atoms with Crippen LogP contribution < -0.4 is 4.90 Å². The highest BCUT2D eigenvalue weighted by atomic mass is 16.3. The summed E-state index contributed by atoms with van der Waals surface area (Å²) in [5.41, 5.74) is 0.843. The first-order valence-electron chi connectivity index (χ1n) is 6.47. The Bertz CT molecular complexity index is 356. The highest BCUT2D eigenvalue weighted by Gasteiger charge is 2.15. The summed E-state index contributed by atoms with van der Waals surface area (Å²) in [6.07, 6.45) is 2.81. The number of anilines is 1. The number of aromatic nitrogens is 1. The van der Waals surface area contributed by atoms with Crippen LogP contribution in [0.5, 0.6) is 0 Å². The fourth-order valence-electron chi connectivity index (χ4n) is 2.26. The van der Waals surface area contributed by atoms with Crippen molar-refractivity contribution in [2.75, 3.05) is 44.2 Å². The third-order valence-electron chi connectivity index (χ3n) is 3.32. The maximum atomic E-state index is 8.99. The van der Waals surface area contributed by atoms with Crippen LogP contribution in [-0.2, 0) is 6.61 Å². The van der Waals surface area contributed by atoms with Gasteiger partial charge in [-0.1, -0.05) is 6.07 Å². The van der Waals surface area contributed by atoms with E-state index < -0.39 is 0 Å². The summed E-state index contributed by atoms with van der Waals surface area (Å²) < 4.78 is 0. The van der Waals surface area contributed by atoms with E-state index in [0.29, 0.717) is 0 Å². The molecular formula is C13H21N3O2. The topological polar surface area (TPSA) is 59.8 Å². The molecule has 2 N–H and O–H groups in total. The van der Waals surface area contributed by atoms with Gasteiger partial charge in [0.15, 0.2) is 0 Å². The molecule has 1 saturated heterocycles. The minimum absolute atomic E-state index is 0.0392. The van der Waals surface area contributed by atoms with Crippen LogP contribution in [0.4, 0.5) is 5.82 Å². The van der Waals surface area contributed by atoms with E-state index in [1.165, 1.54) is 0 Å². The Hall–Kier alpha value is -1.17. The van der Waals surface area contributed by atoms with Crippen LogP contribution in [0, 0.1) is 0 Å². The molecule has 0 aliphatic carbocycles. The van der Waals surface area contributed by atoms with Gasteiger partial charge in [-0.05, 0) is 24.6 Å². The molecule has 5 heteroatoms. The van der Waals surface area contributed by atoms with Crippen molar-refractivity contribution in [3.8, 4) is 0 Å². The fraction of sp³-hybridized carbons (Fsp3) is 0.615. The number of aliphatic hydroxyl groups is 2. The minimum Gasteiger partial charge on any atom is -0.395 e.